The lowest BCUT2D eigenvalue weighted by atomic mass is 10.1. The number of aryl methyl sites for hydroxylation is 1. The molecule has 1 fully saturated rings. The van der Waals surface area contributed by atoms with E-state index >= 15 is 0 Å². The Bertz CT molecular complexity index is 1690. The molecule has 0 bridgehead atoms. The lowest BCUT2D eigenvalue weighted by molar-refractivity contribution is -0.384. The van der Waals surface area contributed by atoms with Gasteiger partial charge in [0.15, 0.2) is 5.65 Å². The van der Waals surface area contributed by atoms with Gasteiger partial charge in [0.05, 0.1) is 22.2 Å². The van der Waals surface area contributed by atoms with Crippen molar-refractivity contribution in [3.8, 4) is 5.69 Å². The van der Waals surface area contributed by atoms with Crippen molar-refractivity contribution in [3.63, 3.8) is 0 Å². The molecule has 3 aromatic carbocycles. The van der Waals surface area contributed by atoms with Gasteiger partial charge in [-0.05, 0) is 30.7 Å². The zero-order chi connectivity index (χ0) is 27.6. The molecule has 10 nitrogen and oxygen atoms in total. The first-order valence-corrected chi connectivity index (χ1v) is 13.1. The molecule has 0 radical (unpaired) electrons. The molecule has 1 amide bonds. The maximum Gasteiger partial charge on any atom is 0.270 e. The normalized spacial score (nSPS) is 13.5. The zero-order valence-corrected chi connectivity index (χ0v) is 22.0. The Morgan fingerprint density at radius 2 is 1.68 bits per heavy atom. The van der Waals surface area contributed by atoms with E-state index < -0.39 is 4.92 Å². The number of anilines is 1. The van der Waals surface area contributed by atoms with E-state index in [0.717, 1.165) is 28.1 Å². The third-order valence-electron chi connectivity index (χ3n) is 7.11. The second-order valence-corrected chi connectivity index (χ2v) is 9.84. The second kappa shape index (κ2) is 10.6. The van der Waals surface area contributed by atoms with Gasteiger partial charge in [-0.25, -0.2) is 14.6 Å². The number of rotatable bonds is 6. The Labute approximate surface area is 230 Å². The summed E-state index contributed by atoms with van der Waals surface area (Å²) in [5.41, 5.74) is 4.18. The van der Waals surface area contributed by atoms with Crippen LogP contribution in [0.5, 0.6) is 0 Å². The van der Waals surface area contributed by atoms with Gasteiger partial charge in [-0.2, -0.15) is 5.10 Å². The van der Waals surface area contributed by atoms with Crippen LogP contribution in [0.25, 0.3) is 16.7 Å². The van der Waals surface area contributed by atoms with Crippen LogP contribution in [0.2, 0.25) is 0 Å². The fourth-order valence-corrected chi connectivity index (χ4v) is 4.96. The number of hydrogen-bond acceptors (Lipinski definition) is 7. The number of carbonyl (C=O) groups excluding carboxylic acids is 1. The molecule has 200 valence electrons. The van der Waals surface area contributed by atoms with Gasteiger partial charge in [-0.3, -0.25) is 14.9 Å². The molecule has 0 saturated carbocycles. The van der Waals surface area contributed by atoms with E-state index in [1.54, 1.807) is 23.2 Å². The number of piperazine rings is 1. The summed E-state index contributed by atoms with van der Waals surface area (Å²) in [6.07, 6.45) is 2.38. The van der Waals surface area contributed by atoms with E-state index in [-0.39, 0.29) is 11.6 Å². The van der Waals surface area contributed by atoms with Crippen molar-refractivity contribution in [1.29, 1.82) is 0 Å². The number of nitro groups is 1. The smallest absolute Gasteiger partial charge is 0.270 e. The number of carbonyl (C=O) groups is 1. The van der Waals surface area contributed by atoms with Crippen molar-refractivity contribution in [2.75, 3.05) is 31.1 Å². The summed E-state index contributed by atoms with van der Waals surface area (Å²) < 4.78 is 1.83. The quantitative estimate of drug-likeness (QED) is 0.232. The molecule has 0 N–H and O–H groups in total. The van der Waals surface area contributed by atoms with Crippen molar-refractivity contribution in [2.45, 2.75) is 13.3 Å². The third kappa shape index (κ3) is 4.98. The fraction of sp³-hybridized carbons (Fsp3) is 0.200. The first-order chi connectivity index (χ1) is 19.5. The Morgan fingerprint density at radius 3 is 2.40 bits per heavy atom. The number of nitrogens with zero attached hydrogens (tertiary/aromatic N) is 7. The molecule has 1 saturated heterocycles. The number of nitro benzene ring substituents is 1. The lowest BCUT2D eigenvalue weighted by Crippen LogP contribution is -2.49. The van der Waals surface area contributed by atoms with E-state index in [1.165, 1.54) is 17.7 Å². The number of non-ortho nitro benzene ring substituents is 1. The Hall–Kier alpha value is -5.12. The van der Waals surface area contributed by atoms with Gasteiger partial charge in [0.1, 0.15) is 11.6 Å². The SMILES string of the molecule is Cc1ccc(Cc2nc(N3CCN(C(=O)c4cccc([N+](=O)[O-])c4)CC3)c3cnn(-c4ccccc4)c3n2)cc1. The van der Waals surface area contributed by atoms with Crippen LogP contribution in [0.15, 0.2) is 85.1 Å². The number of aromatic nitrogens is 4. The highest BCUT2D eigenvalue weighted by Crippen LogP contribution is 2.28. The predicted octanol–water partition coefficient (Wildman–Crippen LogP) is 4.59. The average Bonchev–Trinajstić information content (AvgIpc) is 3.42. The van der Waals surface area contributed by atoms with Gasteiger partial charge < -0.3 is 9.80 Å². The zero-order valence-electron chi connectivity index (χ0n) is 22.0. The van der Waals surface area contributed by atoms with E-state index in [1.807, 2.05) is 35.0 Å². The van der Waals surface area contributed by atoms with Crippen LogP contribution in [-0.4, -0.2) is 61.7 Å². The Morgan fingerprint density at radius 1 is 0.925 bits per heavy atom. The summed E-state index contributed by atoms with van der Waals surface area (Å²) in [5, 5.41) is 16.7. The highest BCUT2D eigenvalue weighted by molar-refractivity contribution is 5.95. The van der Waals surface area contributed by atoms with E-state index in [0.29, 0.717) is 44.0 Å². The van der Waals surface area contributed by atoms with Crippen LogP contribution in [0.4, 0.5) is 11.5 Å². The summed E-state index contributed by atoms with van der Waals surface area (Å²) >= 11 is 0. The molecule has 40 heavy (non-hydrogen) atoms. The molecular weight excluding hydrogens is 506 g/mol. The minimum Gasteiger partial charge on any atom is -0.352 e. The van der Waals surface area contributed by atoms with Gasteiger partial charge in [0, 0.05) is 50.3 Å². The Balaban J connectivity index is 1.30. The summed E-state index contributed by atoms with van der Waals surface area (Å²) in [7, 11) is 0. The largest absolute Gasteiger partial charge is 0.352 e. The first-order valence-electron chi connectivity index (χ1n) is 13.1. The highest BCUT2D eigenvalue weighted by Gasteiger charge is 2.26. The molecular formula is C30H27N7O3. The van der Waals surface area contributed by atoms with Gasteiger partial charge >= 0.3 is 0 Å². The van der Waals surface area contributed by atoms with Crippen LogP contribution in [0.1, 0.15) is 27.3 Å². The number of hydrogen-bond donors (Lipinski definition) is 0. The molecule has 1 aliphatic heterocycles. The minimum absolute atomic E-state index is 0.0932. The molecule has 0 aliphatic carbocycles. The topological polar surface area (TPSA) is 110 Å². The van der Waals surface area contributed by atoms with Crippen molar-refractivity contribution >= 4 is 28.4 Å². The van der Waals surface area contributed by atoms with Crippen LogP contribution in [0.3, 0.4) is 0 Å². The number of para-hydroxylation sites is 1. The van der Waals surface area contributed by atoms with Gasteiger partial charge in [-0.1, -0.05) is 54.1 Å². The molecule has 10 heteroatoms. The standard InChI is InChI=1S/C30H27N7O3/c1-21-10-12-22(13-11-21)18-27-32-28(26-20-31-36(29(26)33-27)24-7-3-2-4-8-24)34-14-16-35(17-15-34)30(38)23-6-5-9-25(19-23)37(39)40/h2-13,19-20H,14-18H2,1H3. The minimum atomic E-state index is -0.487. The monoisotopic (exact) mass is 533 g/mol. The molecule has 1 aliphatic rings. The molecule has 0 atom stereocenters. The van der Waals surface area contributed by atoms with Crippen molar-refractivity contribution < 1.29 is 9.72 Å². The lowest BCUT2D eigenvalue weighted by Gasteiger charge is -2.35. The third-order valence-corrected chi connectivity index (χ3v) is 7.11. The van der Waals surface area contributed by atoms with Crippen molar-refractivity contribution in [2.24, 2.45) is 0 Å². The maximum absolute atomic E-state index is 13.1. The van der Waals surface area contributed by atoms with Crippen molar-refractivity contribution in [3.05, 3.63) is 118 Å². The molecule has 3 heterocycles. The van der Waals surface area contributed by atoms with Gasteiger partial charge in [0.2, 0.25) is 0 Å². The van der Waals surface area contributed by atoms with E-state index in [9.17, 15) is 14.9 Å². The van der Waals surface area contributed by atoms with Crippen molar-refractivity contribution in [1.82, 2.24) is 24.6 Å². The average molecular weight is 534 g/mol. The predicted molar refractivity (Wildman–Crippen MR) is 152 cm³/mol. The molecule has 0 unspecified atom stereocenters. The van der Waals surface area contributed by atoms with Crippen LogP contribution >= 0.6 is 0 Å². The van der Waals surface area contributed by atoms with Crippen LogP contribution < -0.4 is 4.90 Å². The number of amides is 1. The van der Waals surface area contributed by atoms with Gasteiger partial charge in [0.25, 0.3) is 11.6 Å². The van der Waals surface area contributed by atoms with Crippen LogP contribution in [0, 0.1) is 17.0 Å². The number of fused-ring (bicyclic) bond motifs is 1. The fourth-order valence-electron chi connectivity index (χ4n) is 4.96. The summed E-state index contributed by atoms with van der Waals surface area (Å²) in [4.78, 5) is 37.6. The molecule has 5 aromatic rings. The molecule has 6 rings (SSSR count). The van der Waals surface area contributed by atoms with E-state index in [2.05, 4.69) is 41.2 Å². The highest BCUT2D eigenvalue weighted by atomic mass is 16.6. The Kier molecular flexibility index (Phi) is 6.65. The summed E-state index contributed by atoms with van der Waals surface area (Å²) in [6.45, 7) is 4.12. The molecule has 2 aromatic heterocycles. The summed E-state index contributed by atoms with van der Waals surface area (Å²) in [6, 6.07) is 24.1. The second-order valence-electron chi connectivity index (χ2n) is 9.84. The maximum atomic E-state index is 13.1. The summed E-state index contributed by atoms with van der Waals surface area (Å²) in [5.74, 6) is 1.27. The molecule has 0 spiro atoms. The first kappa shape index (κ1) is 25.2. The van der Waals surface area contributed by atoms with Crippen LogP contribution in [-0.2, 0) is 6.42 Å². The number of benzene rings is 3. The van der Waals surface area contributed by atoms with Gasteiger partial charge in [-0.15, -0.1) is 0 Å². The van der Waals surface area contributed by atoms with E-state index in [4.69, 9.17) is 9.97 Å².